The van der Waals surface area contributed by atoms with Crippen LogP contribution in [0.5, 0.6) is 0 Å². The molecule has 130 valence electrons. The Labute approximate surface area is 148 Å². The molecule has 0 spiro atoms. The number of anilines is 1. The molecule has 1 fully saturated rings. The van der Waals surface area contributed by atoms with E-state index in [1.807, 2.05) is 30.3 Å². The molecule has 8 heteroatoms. The first kappa shape index (κ1) is 16.3. The standard InChI is InChI=1S/C17H19N5O2S/c18-17-14-12(20-8-21-17)10(6-19-14)13-16(24)15(23)11(22-13)7-25-9-4-2-1-3-5-9/h1-6,8,11,13,15-16,19,22-24H,7H2,(H2,18,20,21)/t11-,13+,15+,16?/m1/s1. The second-order valence-electron chi connectivity index (χ2n) is 6.08. The first-order chi connectivity index (χ1) is 12.1. The molecule has 0 aliphatic carbocycles. The van der Waals surface area contributed by atoms with Crippen molar-refractivity contribution in [2.45, 2.75) is 29.2 Å². The molecule has 1 aliphatic rings. The number of fused-ring (bicyclic) bond motifs is 1. The third-order valence-corrected chi connectivity index (χ3v) is 5.66. The fourth-order valence-electron chi connectivity index (χ4n) is 3.20. The molecule has 6 N–H and O–H groups in total. The van der Waals surface area contributed by atoms with Crippen molar-refractivity contribution in [1.82, 2.24) is 20.3 Å². The Kier molecular flexibility index (Phi) is 4.34. The monoisotopic (exact) mass is 357 g/mol. The second kappa shape index (κ2) is 6.64. The third-order valence-electron chi connectivity index (χ3n) is 4.53. The Morgan fingerprint density at radius 1 is 1.12 bits per heavy atom. The van der Waals surface area contributed by atoms with Crippen molar-refractivity contribution in [3.8, 4) is 0 Å². The number of H-pyrrole nitrogens is 1. The molecule has 2 aromatic heterocycles. The van der Waals surface area contributed by atoms with Gasteiger partial charge in [0.05, 0.1) is 17.7 Å². The van der Waals surface area contributed by atoms with Crippen LogP contribution in [0.15, 0.2) is 47.8 Å². The molecule has 0 radical (unpaired) electrons. The van der Waals surface area contributed by atoms with Gasteiger partial charge in [0.2, 0.25) is 0 Å². The van der Waals surface area contributed by atoms with Crippen molar-refractivity contribution in [3.05, 3.63) is 48.4 Å². The molecule has 0 bridgehead atoms. The molecule has 7 nitrogen and oxygen atoms in total. The number of aliphatic hydroxyl groups excluding tert-OH is 2. The van der Waals surface area contributed by atoms with Crippen LogP contribution in [0.4, 0.5) is 5.82 Å². The summed E-state index contributed by atoms with van der Waals surface area (Å²) in [7, 11) is 0. The number of hydrogen-bond acceptors (Lipinski definition) is 7. The van der Waals surface area contributed by atoms with Gasteiger partial charge in [-0.2, -0.15) is 0 Å². The molecule has 1 unspecified atom stereocenters. The molecule has 4 rings (SSSR count). The van der Waals surface area contributed by atoms with Crippen LogP contribution in [0.2, 0.25) is 0 Å². The zero-order valence-corrected chi connectivity index (χ0v) is 14.1. The Morgan fingerprint density at radius 2 is 1.92 bits per heavy atom. The molecular weight excluding hydrogens is 338 g/mol. The SMILES string of the molecule is Nc1ncnc2c([C@@H]3N[C@H](CSc4ccccc4)[C@H](O)C3O)c[nH]c12. The smallest absolute Gasteiger partial charge is 0.151 e. The van der Waals surface area contributed by atoms with Gasteiger partial charge in [-0.25, -0.2) is 9.97 Å². The predicted octanol–water partition coefficient (Wildman–Crippen LogP) is 1.07. The molecule has 1 aliphatic heterocycles. The molecule has 4 atom stereocenters. The number of thioether (sulfide) groups is 1. The topological polar surface area (TPSA) is 120 Å². The van der Waals surface area contributed by atoms with E-state index in [2.05, 4.69) is 20.3 Å². The van der Waals surface area contributed by atoms with Crippen molar-refractivity contribution in [2.24, 2.45) is 0 Å². The van der Waals surface area contributed by atoms with E-state index >= 15 is 0 Å². The Morgan fingerprint density at radius 3 is 2.72 bits per heavy atom. The van der Waals surface area contributed by atoms with Crippen LogP contribution in [0.1, 0.15) is 11.6 Å². The largest absolute Gasteiger partial charge is 0.389 e. The Hall–Kier alpha value is -2.13. The molecule has 3 aromatic rings. The van der Waals surface area contributed by atoms with Crippen molar-refractivity contribution >= 4 is 28.6 Å². The van der Waals surface area contributed by atoms with E-state index in [0.29, 0.717) is 22.6 Å². The molecule has 0 saturated carbocycles. The minimum Gasteiger partial charge on any atom is -0.389 e. The van der Waals surface area contributed by atoms with Crippen LogP contribution in [0, 0.1) is 0 Å². The van der Waals surface area contributed by atoms with Crippen LogP contribution in [0.3, 0.4) is 0 Å². The van der Waals surface area contributed by atoms with Crippen LogP contribution in [-0.2, 0) is 0 Å². The fraction of sp³-hybridized carbons (Fsp3) is 0.294. The summed E-state index contributed by atoms with van der Waals surface area (Å²) in [4.78, 5) is 12.4. The number of rotatable bonds is 4. The summed E-state index contributed by atoms with van der Waals surface area (Å²) in [6, 6.07) is 9.34. The summed E-state index contributed by atoms with van der Waals surface area (Å²) in [5, 5.41) is 24.3. The van der Waals surface area contributed by atoms with E-state index < -0.39 is 18.2 Å². The molecular formula is C17H19N5O2S. The van der Waals surface area contributed by atoms with E-state index in [1.165, 1.54) is 6.33 Å². The quantitative estimate of drug-likeness (QED) is 0.443. The van der Waals surface area contributed by atoms with Gasteiger partial charge in [-0.1, -0.05) is 18.2 Å². The van der Waals surface area contributed by atoms with Crippen molar-refractivity contribution < 1.29 is 10.2 Å². The lowest BCUT2D eigenvalue weighted by molar-refractivity contribution is 0.0308. The summed E-state index contributed by atoms with van der Waals surface area (Å²) in [6.45, 7) is 0. The number of nitrogens with two attached hydrogens (primary N) is 1. The van der Waals surface area contributed by atoms with Crippen molar-refractivity contribution in [3.63, 3.8) is 0 Å². The average molecular weight is 357 g/mol. The van der Waals surface area contributed by atoms with Gasteiger partial charge in [-0.15, -0.1) is 11.8 Å². The van der Waals surface area contributed by atoms with Gasteiger partial charge < -0.3 is 26.2 Å². The summed E-state index contributed by atoms with van der Waals surface area (Å²) in [5.41, 5.74) is 7.93. The molecule has 3 heterocycles. The fourth-order valence-corrected chi connectivity index (χ4v) is 4.22. The summed E-state index contributed by atoms with van der Waals surface area (Å²) < 4.78 is 0. The third kappa shape index (κ3) is 2.98. The Balaban J connectivity index is 1.54. The Bertz CT molecular complexity index is 872. The van der Waals surface area contributed by atoms with E-state index in [-0.39, 0.29) is 6.04 Å². The van der Waals surface area contributed by atoms with Gasteiger partial charge in [-0.3, -0.25) is 0 Å². The van der Waals surface area contributed by atoms with E-state index in [9.17, 15) is 10.2 Å². The molecule has 1 saturated heterocycles. The minimum absolute atomic E-state index is 0.227. The lowest BCUT2D eigenvalue weighted by Crippen LogP contribution is -2.35. The van der Waals surface area contributed by atoms with E-state index in [4.69, 9.17) is 5.73 Å². The number of benzene rings is 1. The zero-order valence-electron chi connectivity index (χ0n) is 13.3. The van der Waals surface area contributed by atoms with Crippen LogP contribution in [0.25, 0.3) is 11.0 Å². The van der Waals surface area contributed by atoms with Crippen LogP contribution < -0.4 is 11.1 Å². The number of hydrogen-bond donors (Lipinski definition) is 5. The lowest BCUT2D eigenvalue weighted by Gasteiger charge is -2.15. The summed E-state index contributed by atoms with van der Waals surface area (Å²) >= 11 is 1.64. The van der Waals surface area contributed by atoms with Gasteiger partial charge in [0.15, 0.2) is 5.82 Å². The maximum atomic E-state index is 10.5. The zero-order chi connectivity index (χ0) is 17.4. The lowest BCUT2D eigenvalue weighted by atomic mass is 10.0. The highest BCUT2D eigenvalue weighted by Crippen LogP contribution is 2.34. The van der Waals surface area contributed by atoms with Gasteiger partial charge in [0.1, 0.15) is 17.9 Å². The summed E-state index contributed by atoms with van der Waals surface area (Å²) in [6.07, 6.45) is 1.38. The van der Waals surface area contributed by atoms with Gasteiger partial charge >= 0.3 is 0 Å². The van der Waals surface area contributed by atoms with Gasteiger partial charge in [0, 0.05) is 28.5 Å². The normalized spacial score (nSPS) is 26.3. The summed E-state index contributed by atoms with van der Waals surface area (Å²) in [5.74, 6) is 1.01. The van der Waals surface area contributed by atoms with Crippen LogP contribution >= 0.6 is 11.8 Å². The minimum atomic E-state index is -0.920. The molecule has 25 heavy (non-hydrogen) atoms. The number of aliphatic hydroxyl groups is 2. The number of nitrogens with one attached hydrogen (secondary N) is 2. The molecule has 1 aromatic carbocycles. The number of nitrogens with zero attached hydrogens (tertiary/aromatic N) is 2. The average Bonchev–Trinajstić information content (AvgIpc) is 3.18. The van der Waals surface area contributed by atoms with Crippen molar-refractivity contribution in [1.29, 1.82) is 0 Å². The number of aromatic nitrogens is 3. The molecule has 0 amide bonds. The van der Waals surface area contributed by atoms with E-state index in [0.717, 1.165) is 10.5 Å². The van der Waals surface area contributed by atoms with Gasteiger partial charge in [-0.05, 0) is 12.1 Å². The number of aromatic amines is 1. The van der Waals surface area contributed by atoms with Crippen LogP contribution in [-0.4, -0.2) is 49.2 Å². The second-order valence-corrected chi connectivity index (χ2v) is 7.18. The first-order valence-corrected chi connectivity index (χ1v) is 9.01. The number of nitrogen functional groups attached to an aromatic ring is 1. The highest BCUT2D eigenvalue weighted by Gasteiger charge is 2.42. The van der Waals surface area contributed by atoms with Gasteiger partial charge in [0.25, 0.3) is 0 Å². The van der Waals surface area contributed by atoms with E-state index in [1.54, 1.807) is 18.0 Å². The highest BCUT2D eigenvalue weighted by atomic mass is 32.2. The maximum Gasteiger partial charge on any atom is 0.151 e. The first-order valence-electron chi connectivity index (χ1n) is 8.02. The predicted molar refractivity (Wildman–Crippen MR) is 97.1 cm³/mol. The highest BCUT2D eigenvalue weighted by molar-refractivity contribution is 7.99. The maximum absolute atomic E-state index is 10.5. The van der Waals surface area contributed by atoms with Crippen molar-refractivity contribution in [2.75, 3.05) is 11.5 Å².